The maximum Gasteiger partial charge on any atom is 0.336 e. The summed E-state index contributed by atoms with van der Waals surface area (Å²) in [6.07, 6.45) is -1.38. The van der Waals surface area contributed by atoms with E-state index in [2.05, 4.69) is 9.47 Å². The van der Waals surface area contributed by atoms with E-state index in [0.29, 0.717) is 27.4 Å². The molecular formula is C23H32N6O14. The molecule has 0 bridgehead atoms. The third kappa shape index (κ3) is 8.35. The first-order chi connectivity index (χ1) is 20.4. The van der Waals surface area contributed by atoms with Crippen molar-refractivity contribution in [3.63, 3.8) is 0 Å². The zero-order valence-corrected chi connectivity index (χ0v) is 23.5. The highest BCUT2D eigenvalue weighted by Gasteiger charge is 2.19. The van der Waals surface area contributed by atoms with Gasteiger partial charge in [0.1, 0.15) is 6.61 Å². The summed E-state index contributed by atoms with van der Waals surface area (Å²) in [6, 6.07) is 0. The molecule has 2 aromatic rings. The van der Waals surface area contributed by atoms with E-state index in [1.165, 1.54) is 0 Å². The molecule has 0 aromatic carbocycles. The Morgan fingerprint density at radius 2 is 0.767 bits per heavy atom. The van der Waals surface area contributed by atoms with Crippen molar-refractivity contribution >= 4 is 17.9 Å². The number of hydrogen-bond donors (Lipinski definition) is 2. The van der Waals surface area contributed by atoms with Crippen molar-refractivity contribution in [3.8, 4) is 0 Å². The van der Waals surface area contributed by atoms with Crippen LogP contribution in [0.1, 0.15) is 19.3 Å². The number of esters is 3. The summed E-state index contributed by atoms with van der Waals surface area (Å²) in [7, 11) is 2.19. The van der Waals surface area contributed by atoms with Gasteiger partial charge in [0.05, 0.1) is 66.3 Å². The maximum atomic E-state index is 12.9. The third-order valence-electron chi connectivity index (χ3n) is 6.07. The minimum Gasteiger partial charge on any atom is -0.469 e. The Balaban J connectivity index is 2.27. The third-order valence-corrected chi connectivity index (χ3v) is 6.07. The quantitative estimate of drug-likeness (QED) is 0.132. The first kappa shape index (κ1) is 34.4. The molecule has 2 heterocycles. The lowest BCUT2D eigenvalue weighted by Gasteiger charge is -2.14. The fourth-order valence-corrected chi connectivity index (χ4v) is 3.85. The van der Waals surface area contributed by atoms with Gasteiger partial charge in [-0.05, 0) is 0 Å². The molecule has 0 aliphatic rings. The van der Waals surface area contributed by atoms with Crippen LogP contribution >= 0.6 is 0 Å². The highest BCUT2D eigenvalue weighted by Crippen LogP contribution is 1.93. The van der Waals surface area contributed by atoms with Gasteiger partial charge in [0.25, 0.3) is 0 Å². The number of hydrogen-bond acceptors (Lipinski definition) is 14. The molecule has 0 saturated heterocycles. The number of aromatic nitrogens is 6. The first-order valence-corrected chi connectivity index (χ1v) is 12.8. The highest BCUT2D eigenvalue weighted by atomic mass is 16.5. The minimum absolute atomic E-state index is 0.395. The molecule has 43 heavy (non-hydrogen) atoms. The summed E-state index contributed by atoms with van der Waals surface area (Å²) in [5.41, 5.74) is -6.57. The summed E-state index contributed by atoms with van der Waals surface area (Å²) in [5.74, 6) is -2.47. The van der Waals surface area contributed by atoms with Crippen molar-refractivity contribution in [1.29, 1.82) is 0 Å². The van der Waals surface area contributed by atoms with Gasteiger partial charge in [0, 0.05) is 19.6 Å². The molecule has 0 unspecified atom stereocenters. The normalized spacial score (nSPS) is 10.9. The van der Waals surface area contributed by atoms with Gasteiger partial charge in [-0.25, -0.2) is 56.2 Å². The molecule has 20 nitrogen and oxygen atoms in total. The van der Waals surface area contributed by atoms with E-state index >= 15 is 0 Å². The van der Waals surface area contributed by atoms with Crippen LogP contribution in [0.3, 0.4) is 0 Å². The lowest BCUT2D eigenvalue weighted by atomic mass is 10.4. The summed E-state index contributed by atoms with van der Waals surface area (Å²) in [4.78, 5) is 112. The molecule has 0 fully saturated rings. The van der Waals surface area contributed by atoms with E-state index in [9.17, 15) is 43.2 Å². The molecule has 2 aromatic heterocycles. The Labute approximate surface area is 240 Å². The fraction of sp³-hybridized carbons (Fsp3) is 0.609. The maximum absolute atomic E-state index is 12.9. The Kier molecular flexibility index (Phi) is 12.8. The summed E-state index contributed by atoms with van der Waals surface area (Å²) in [5, 5.41) is 18.3. The highest BCUT2D eigenvalue weighted by molar-refractivity contribution is 5.69. The Hall–Kier alpha value is -4.85. The number of carbonyl (C=O) groups is 3. The standard InChI is InChI=1S/C23H32N6O14/c1-41-15(32)3-6-24-18(35)25(7-4-16(33)42-2)20(37)26(19(24)36)8-5-17(34)43-14-11-29-22(39)27(9-12-30)21(38)28(10-13-31)23(29)40/h30-31H,3-14H2,1-2H3. The van der Waals surface area contributed by atoms with Crippen LogP contribution in [0.5, 0.6) is 0 Å². The van der Waals surface area contributed by atoms with Gasteiger partial charge in [-0.1, -0.05) is 0 Å². The van der Waals surface area contributed by atoms with E-state index in [4.69, 9.17) is 14.9 Å². The minimum atomic E-state index is -1.14. The molecule has 2 rings (SSSR count). The first-order valence-electron chi connectivity index (χ1n) is 12.8. The van der Waals surface area contributed by atoms with Crippen LogP contribution in [0.2, 0.25) is 0 Å². The average molecular weight is 617 g/mol. The second-order valence-electron chi connectivity index (χ2n) is 8.68. The van der Waals surface area contributed by atoms with Crippen LogP contribution in [0.25, 0.3) is 0 Å². The Bertz CT molecular complexity index is 1590. The predicted octanol–water partition coefficient (Wildman–Crippen LogP) is -5.60. The van der Waals surface area contributed by atoms with Gasteiger partial charge in [0.15, 0.2) is 0 Å². The molecule has 0 saturated carbocycles. The van der Waals surface area contributed by atoms with Crippen LogP contribution in [-0.4, -0.2) is 89.6 Å². The second kappa shape index (κ2) is 16.0. The molecule has 0 aliphatic heterocycles. The van der Waals surface area contributed by atoms with Crippen molar-refractivity contribution in [2.24, 2.45) is 0 Å². The molecule has 238 valence electrons. The van der Waals surface area contributed by atoms with Crippen LogP contribution in [-0.2, 0) is 67.9 Å². The topological polar surface area (TPSA) is 251 Å². The van der Waals surface area contributed by atoms with Crippen molar-refractivity contribution in [1.82, 2.24) is 27.4 Å². The van der Waals surface area contributed by atoms with Crippen LogP contribution in [0, 0.1) is 0 Å². The zero-order chi connectivity index (χ0) is 32.3. The number of aliphatic hydroxyl groups excluding tert-OH is 2. The van der Waals surface area contributed by atoms with Crippen molar-refractivity contribution in [2.75, 3.05) is 34.0 Å². The van der Waals surface area contributed by atoms with E-state index in [1.807, 2.05) is 0 Å². The SMILES string of the molecule is COC(=O)CCn1c(=O)n(CCC(=O)OC)c(=O)n(CCC(=O)OCCn2c(=O)n(CCO)c(=O)n(CCO)c2=O)c1=O. The predicted molar refractivity (Wildman–Crippen MR) is 141 cm³/mol. The van der Waals surface area contributed by atoms with Crippen LogP contribution in [0.15, 0.2) is 28.8 Å². The largest absolute Gasteiger partial charge is 0.469 e. The number of nitrogens with zero attached hydrogens (tertiary/aromatic N) is 6. The summed E-state index contributed by atoms with van der Waals surface area (Å²) in [6.45, 7) is -4.64. The molecule has 0 spiro atoms. The van der Waals surface area contributed by atoms with Gasteiger partial charge in [-0.15, -0.1) is 0 Å². The average Bonchev–Trinajstić information content (AvgIpc) is 2.98. The fourth-order valence-electron chi connectivity index (χ4n) is 3.85. The van der Waals surface area contributed by atoms with Gasteiger partial charge < -0.3 is 24.4 Å². The van der Waals surface area contributed by atoms with Crippen molar-refractivity contribution in [3.05, 3.63) is 62.9 Å². The smallest absolute Gasteiger partial charge is 0.336 e. The number of rotatable bonds is 16. The van der Waals surface area contributed by atoms with Gasteiger partial charge >= 0.3 is 52.0 Å². The van der Waals surface area contributed by atoms with Crippen LogP contribution < -0.4 is 34.1 Å². The second-order valence-corrected chi connectivity index (χ2v) is 8.68. The van der Waals surface area contributed by atoms with E-state index in [0.717, 1.165) is 14.2 Å². The molecular weight excluding hydrogens is 584 g/mol. The molecule has 0 atom stereocenters. The molecule has 0 amide bonds. The number of methoxy groups -OCH3 is 2. The monoisotopic (exact) mass is 616 g/mol. The van der Waals surface area contributed by atoms with Gasteiger partial charge in [0.2, 0.25) is 0 Å². The molecule has 20 heteroatoms. The number of ether oxygens (including phenoxy) is 3. The van der Waals surface area contributed by atoms with E-state index in [-0.39, 0.29) is 0 Å². The molecule has 0 aliphatic carbocycles. The van der Waals surface area contributed by atoms with Crippen molar-refractivity contribution in [2.45, 2.75) is 58.5 Å². The number of carbonyl (C=O) groups excluding carboxylic acids is 3. The van der Waals surface area contributed by atoms with E-state index < -0.39 is 130 Å². The molecule has 0 radical (unpaired) electrons. The van der Waals surface area contributed by atoms with Gasteiger partial charge in [-0.2, -0.15) is 0 Å². The summed E-state index contributed by atoms with van der Waals surface area (Å²) < 4.78 is 17.4. The molecule has 2 N–H and O–H groups in total. The lowest BCUT2D eigenvalue weighted by Crippen LogP contribution is -2.55. The van der Waals surface area contributed by atoms with Crippen LogP contribution in [0.4, 0.5) is 0 Å². The number of aliphatic hydroxyl groups is 2. The van der Waals surface area contributed by atoms with Crippen molar-refractivity contribution < 1.29 is 38.8 Å². The summed E-state index contributed by atoms with van der Waals surface area (Å²) >= 11 is 0. The van der Waals surface area contributed by atoms with E-state index in [1.54, 1.807) is 0 Å². The lowest BCUT2D eigenvalue weighted by molar-refractivity contribution is -0.144. The van der Waals surface area contributed by atoms with Gasteiger partial charge in [-0.3, -0.25) is 14.4 Å². The zero-order valence-electron chi connectivity index (χ0n) is 23.5. The Morgan fingerprint density at radius 3 is 1.07 bits per heavy atom. The Morgan fingerprint density at radius 1 is 0.488 bits per heavy atom.